The van der Waals surface area contributed by atoms with Crippen LogP contribution in [0.15, 0.2) is 18.3 Å². The zero-order chi connectivity index (χ0) is 12.3. The number of hydrogen-bond acceptors (Lipinski definition) is 2. The number of Topliss-reactive ketones (excluding diaryl/α,β-unsaturated/α-hetero) is 1. The lowest BCUT2D eigenvalue weighted by atomic mass is 9.99. The Morgan fingerprint density at radius 3 is 2.56 bits per heavy atom. The highest BCUT2D eigenvalue weighted by Crippen LogP contribution is 2.23. The Morgan fingerprint density at radius 2 is 2.12 bits per heavy atom. The number of carbonyl (C=O) groups excluding carboxylic acids is 1. The first kappa shape index (κ1) is 12.5. The molecule has 0 fully saturated rings. The summed E-state index contributed by atoms with van der Waals surface area (Å²) in [6, 6.07) is 2.69. The molecule has 16 heavy (non-hydrogen) atoms. The predicted octanol–water partition coefficient (Wildman–Crippen LogP) is 2.36. The van der Waals surface area contributed by atoms with Gasteiger partial charge in [0, 0.05) is 13.1 Å². The summed E-state index contributed by atoms with van der Waals surface area (Å²) in [5.74, 6) is -1.02. The number of carboxylic acid groups (broad SMARTS) is 1. The Kier molecular flexibility index (Phi) is 3.88. The third kappa shape index (κ3) is 2.32. The van der Waals surface area contributed by atoms with E-state index in [2.05, 4.69) is 0 Å². The van der Waals surface area contributed by atoms with Crippen molar-refractivity contribution in [1.82, 2.24) is 4.57 Å². The molecule has 4 heteroatoms. The maximum Gasteiger partial charge on any atom is 0.326 e. The van der Waals surface area contributed by atoms with Gasteiger partial charge in [-0.2, -0.15) is 0 Å². The monoisotopic (exact) mass is 223 g/mol. The van der Waals surface area contributed by atoms with Crippen molar-refractivity contribution in [3.8, 4) is 0 Å². The number of carboxylic acids is 1. The van der Waals surface area contributed by atoms with E-state index in [0.717, 1.165) is 6.42 Å². The standard InChI is InChI=1S/C12H17NO3/c1-4-8(2)11(12(15)16)13-7-5-6-10(13)9(3)14/h5-8,11H,4H2,1-3H3,(H,15,16). The molecule has 0 aromatic carbocycles. The van der Waals surface area contributed by atoms with E-state index in [4.69, 9.17) is 0 Å². The Hall–Kier alpha value is -1.58. The molecule has 1 heterocycles. The smallest absolute Gasteiger partial charge is 0.326 e. The average Bonchev–Trinajstić information content (AvgIpc) is 2.66. The van der Waals surface area contributed by atoms with Gasteiger partial charge < -0.3 is 9.67 Å². The van der Waals surface area contributed by atoms with Gasteiger partial charge in [0.1, 0.15) is 6.04 Å². The van der Waals surface area contributed by atoms with Crippen LogP contribution in [0.4, 0.5) is 0 Å². The summed E-state index contributed by atoms with van der Waals surface area (Å²) in [5.41, 5.74) is 0.452. The minimum atomic E-state index is -0.895. The highest BCUT2D eigenvalue weighted by Gasteiger charge is 2.27. The minimum absolute atomic E-state index is 0.0111. The van der Waals surface area contributed by atoms with Crippen molar-refractivity contribution in [2.24, 2.45) is 5.92 Å². The number of aliphatic carboxylic acids is 1. The summed E-state index contributed by atoms with van der Waals surface area (Å²) in [5, 5.41) is 9.22. The van der Waals surface area contributed by atoms with Crippen LogP contribution < -0.4 is 0 Å². The molecule has 0 aliphatic heterocycles. The van der Waals surface area contributed by atoms with Crippen molar-refractivity contribution in [1.29, 1.82) is 0 Å². The molecule has 2 unspecified atom stereocenters. The van der Waals surface area contributed by atoms with Crippen LogP contribution in [0, 0.1) is 5.92 Å². The fourth-order valence-corrected chi connectivity index (χ4v) is 1.79. The highest BCUT2D eigenvalue weighted by atomic mass is 16.4. The molecule has 0 saturated heterocycles. The lowest BCUT2D eigenvalue weighted by Crippen LogP contribution is -2.27. The lowest BCUT2D eigenvalue weighted by Gasteiger charge is -2.22. The van der Waals surface area contributed by atoms with Crippen molar-refractivity contribution < 1.29 is 14.7 Å². The molecular weight excluding hydrogens is 206 g/mol. The summed E-state index contributed by atoms with van der Waals surface area (Å²) in [6.45, 7) is 5.27. The molecule has 0 spiro atoms. The molecule has 0 radical (unpaired) electrons. The first-order valence-electron chi connectivity index (χ1n) is 5.39. The second kappa shape index (κ2) is 4.96. The van der Waals surface area contributed by atoms with E-state index in [1.165, 1.54) is 6.92 Å². The largest absolute Gasteiger partial charge is 0.480 e. The van der Waals surface area contributed by atoms with Crippen LogP contribution in [-0.2, 0) is 4.79 Å². The average molecular weight is 223 g/mol. The van der Waals surface area contributed by atoms with E-state index in [0.29, 0.717) is 5.69 Å². The fraction of sp³-hybridized carbons (Fsp3) is 0.500. The summed E-state index contributed by atoms with van der Waals surface area (Å²) in [7, 11) is 0. The molecule has 4 nitrogen and oxygen atoms in total. The number of aromatic nitrogens is 1. The summed E-state index contributed by atoms with van der Waals surface area (Å²) >= 11 is 0. The van der Waals surface area contributed by atoms with Gasteiger partial charge in [-0.1, -0.05) is 20.3 Å². The second-order valence-electron chi connectivity index (χ2n) is 4.03. The molecule has 0 saturated carbocycles. The summed E-state index contributed by atoms with van der Waals surface area (Å²) in [6.07, 6.45) is 2.41. The summed E-state index contributed by atoms with van der Waals surface area (Å²) < 4.78 is 1.55. The third-order valence-electron chi connectivity index (χ3n) is 2.88. The second-order valence-corrected chi connectivity index (χ2v) is 4.03. The Morgan fingerprint density at radius 1 is 1.50 bits per heavy atom. The Bertz CT molecular complexity index is 395. The maximum absolute atomic E-state index is 11.4. The first-order chi connectivity index (χ1) is 7.49. The van der Waals surface area contributed by atoms with Crippen molar-refractivity contribution in [3.05, 3.63) is 24.0 Å². The molecule has 1 N–H and O–H groups in total. The van der Waals surface area contributed by atoms with Crippen molar-refractivity contribution in [2.45, 2.75) is 33.2 Å². The van der Waals surface area contributed by atoms with E-state index in [1.54, 1.807) is 22.9 Å². The van der Waals surface area contributed by atoms with E-state index in [1.807, 2.05) is 13.8 Å². The normalized spacial score (nSPS) is 14.4. The van der Waals surface area contributed by atoms with Crippen LogP contribution in [0.3, 0.4) is 0 Å². The molecule has 88 valence electrons. The molecule has 0 bridgehead atoms. The van der Waals surface area contributed by atoms with Gasteiger partial charge in [-0.05, 0) is 18.1 Å². The topological polar surface area (TPSA) is 59.3 Å². The number of nitrogens with zero attached hydrogens (tertiary/aromatic N) is 1. The van der Waals surface area contributed by atoms with Gasteiger partial charge in [-0.15, -0.1) is 0 Å². The SMILES string of the molecule is CCC(C)C(C(=O)O)n1cccc1C(C)=O. The molecule has 0 aliphatic rings. The van der Waals surface area contributed by atoms with E-state index < -0.39 is 12.0 Å². The van der Waals surface area contributed by atoms with Gasteiger partial charge in [0.25, 0.3) is 0 Å². The van der Waals surface area contributed by atoms with Gasteiger partial charge in [0.15, 0.2) is 5.78 Å². The van der Waals surface area contributed by atoms with Gasteiger partial charge in [0.05, 0.1) is 5.69 Å². The molecule has 0 aliphatic carbocycles. The molecule has 0 amide bonds. The summed E-state index contributed by atoms with van der Waals surface area (Å²) in [4.78, 5) is 22.6. The zero-order valence-electron chi connectivity index (χ0n) is 9.80. The zero-order valence-corrected chi connectivity index (χ0v) is 9.80. The van der Waals surface area contributed by atoms with Crippen molar-refractivity contribution in [3.63, 3.8) is 0 Å². The molecule has 2 atom stereocenters. The van der Waals surface area contributed by atoms with Crippen molar-refractivity contribution in [2.75, 3.05) is 0 Å². The molecule has 1 aromatic heterocycles. The van der Waals surface area contributed by atoms with Crippen LogP contribution in [-0.4, -0.2) is 21.4 Å². The molecular formula is C12H17NO3. The highest BCUT2D eigenvalue weighted by molar-refractivity contribution is 5.93. The first-order valence-corrected chi connectivity index (χ1v) is 5.39. The van der Waals surface area contributed by atoms with Crippen LogP contribution in [0.1, 0.15) is 43.7 Å². The van der Waals surface area contributed by atoms with Crippen LogP contribution in [0.2, 0.25) is 0 Å². The van der Waals surface area contributed by atoms with Gasteiger partial charge in [-0.25, -0.2) is 4.79 Å². The quantitative estimate of drug-likeness (QED) is 0.779. The minimum Gasteiger partial charge on any atom is -0.480 e. The van der Waals surface area contributed by atoms with Crippen molar-refractivity contribution >= 4 is 11.8 Å². The number of carbonyl (C=O) groups is 2. The number of hydrogen-bond donors (Lipinski definition) is 1. The molecule has 1 aromatic rings. The number of ketones is 1. The van der Waals surface area contributed by atoms with E-state index >= 15 is 0 Å². The number of rotatable bonds is 5. The van der Waals surface area contributed by atoms with Crippen LogP contribution >= 0.6 is 0 Å². The molecule has 1 rings (SSSR count). The predicted molar refractivity (Wildman–Crippen MR) is 60.6 cm³/mol. The maximum atomic E-state index is 11.4. The van der Waals surface area contributed by atoms with Gasteiger partial charge >= 0.3 is 5.97 Å². The fourth-order valence-electron chi connectivity index (χ4n) is 1.79. The van der Waals surface area contributed by atoms with Crippen LogP contribution in [0.5, 0.6) is 0 Å². The van der Waals surface area contributed by atoms with E-state index in [9.17, 15) is 14.7 Å². The van der Waals surface area contributed by atoms with Gasteiger partial charge in [0.2, 0.25) is 0 Å². The van der Waals surface area contributed by atoms with Crippen LogP contribution in [0.25, 0.3) is 0 Å². The van der Waals surface area contributed by atoms with Gasteiger partial charge in [-0.3, -0.25) is 4.79 Å². The Balaban J connectivity index is 3.16. The third-order valence-corrected chi connectivity index (χ3v) is 2.88. The lowest BCUT2D eigenvalue weighted by molar-refractivity contribution is -0.142. The van der Waals surface area contributed by atoms with E-state index in [-0.39, 0.29) is 11.7 Å². The Labute approximate surface area is 94.9 Å².